The fourth-order valence-corrected chi connectivity index (χ4v) is 2.27. The van der Waals surface area contributed by atoms with Gasteiger partial charge < -0.3 is 30.5 Å². The number of urea groups is 1. The van der Waals surface area contributed by atoms with Crippen LogP contribution in [0, 0.1) is 5.92 Å². The highest BCUT2D eigenvalue weighted by molar-refractivity contribution is 5.86. The Morgan fingerprint density at radius 3 is 1.87 bits per heavy atom. The van der Waals surface area contributed by atoms with Gasteiger partial charge in [-0.15, -0.1) is 0 Å². The van der Waals surface area contributed by atoms with Crippen LogP contribution in [0.4, 0.5) is 9.59 Å². The molecule has 0 spiro atoms. The number of carboxylic acid groups (broad SMARTS) is 1. The average Bonchev–Trinajstić information content (AvgIpc) is 2.51. The van der Waals surface area contributed by atoms with E-state index in [0.717, 1.165) is 0 Å². The molecule has 2 atom stereocenters. The molecule has 3 amide bonds. The van der Waals surface area contributed by atoms with E-state index in [0.29, 0.717) is 6.42 Å². The predicted molar refractivity (Wildman–Crippen MR) is 111 cm³/mol. The lowest BCUT2D eigenvalue weighted by molar-refractivity contribution is -0.158. The molecule has 0 aliphatic carbocycles. The normalized spacial score (nSPS) is 13.8. The number of carbonyl (C=O) groups excluding carboxylic acids is 3. The lowest BCUT2D eigenvalue weighted by Crippen LogP contribution is -2.53. The van der Waals surface area contributed by atoms with Crippen LogP contribution in [0.5, 0.6) is 0 Å². The molecule has 0 radical (unpaired) electrons. The number of rotatable bonds is 9. The summed E-state index contributed by atoms with van der Waals surface area (Å²) < 4.78 is 10.4. The molecular weight excluding hydrogens is 394 g/mol. The molecule has 0 unspecified atom stereocenters. The molecule has 0 fully saturated rings. The zero-order valence-corrected chi connectivity index (χ0v) is 19.3. The van der Waals surface area contributed by atoms with Crippen LogP contribution in [-0.2, 0) is 19.1 Å². The maximum Gasteiger partial charge on any atom is 0.407 e. The Kier molecular flexibility index (Phi) is 10.6. The molecule has 4 N–H and O–H groups in total. The zero-order chi connectivity index (χ0) is 23.7. The van der Waals surface area contributed by atoms with Crippen LogP contribution in [0.25, 0.3) is 0 Å². The topological polar surface area (TPSA) is 143 Å². The summed E-state index contributed by atoms with van der Waals surface area (Å²) in [5.74, 6) is -2.08. The third-order valence-corrected chi connectivity index (χ3v) is 3.56. The Bertz CT molecular complexity index is 607. The van der Waals surface area contributed by atoms with Gasteiger partial charge >= 0.3 is 24.1 Å². The number of carboxylic acids is 1. The number of aliphatic carboxylic acids is 1. The van der Waals surface area contributed by atoms with Gasteiger partial charge in [-0.1, -0.05) is 13.8 Å². The third-order valence-electron chi connectivity index (χ3n) is 3.56. The molecule has 0 rings (SSSR count). The molecule has 10 nitrogen and oxygen atoms in total. The van der Waals surface area contributed by atoms with Gasteiger partial charge in [-0.3, -0.25) is 0 Å². The second kappa shape index (κ2) is 11.6. The minimum Gasteiger partial charge on any atom is -0.480 e. The maximum absolute atomic E-state index is 12.3. The number of alkyl carbamates (subject to hydrolysis) is 1. The summed E-state index contributed by atoms with van der Waals surface area (Å²) >= 11 is 0. The smallest absolute Gasteiger partial charge is 0.407 e. The standard InChI is InChI=1S/C20H37N3O7/c1-12(2)14(16(26)29-19(3,4)5)23-17(27)22-13(15(24)25)10-9-11-21-18(28)30-20(6,7)8/h12-14H,9-11H2,1-8H3,(H,21,28)(H,24,25)(H2,22,23,27)/t13-,14-/m0/s1. The number of ether oxygens (including phenoxy) is 2. The first-order valence-electron chi connectivity index (χ1n) is 10.0. The van der Waals surface area contributed by atoms with Crippen molar-refractivity contribution in [2.45, 2.75) is 91.5 Å². The van der Waals surface area contributed by atoms with Gasteiger partial charge in [0.2, 0.25) is 0 Å². The largest absolute Gasteiger partial charge is 0.480 e. The molecule has 30 heavy (non-hydrogen) atoms. The Balaban J connectivity index is 4.67. The molecule has 0 heterocycles. The van der Waals surface area contributed by atoms with Gasteiger partial charge in [0.1, 0.15) is 23.3 Å². The highest BCUT2D eigenvalue weighted by Gasteiger charge is 2.30. The molecule has 0 aromatic rings. The second-order valence-corrected chi connectivity index (χ2v) is 9.33. The fourth-order valence-electron chi connectivity index (χ4n) is 2.27. The fraction of sp³-hybridized carbons (Fsp3) is 0.800. The van der Waals surface area contributed by atoms with E-state index in [9.17, 15) is 24.3 Å². The number of amides is 3. The van der Waals surface area contributed by atoms with Gasteiger partial charge in [0.15, 0.2) is 0 Å². The molecular formula is C20H37N3O7. The number of esters is 1. The maximum atomic E-state index is 12.3. The Morgan fingerprint density at radius 1 is 0.900 bits per heavy atom. The van der Waals surface area contributed by atoms with Gasteiger partial charge in [0.05, 0.1) is 0 Å². The van der Waals surface area contributed by atoms with Crippen molar-refractivity contribution in [1.82, 2.24) is 16.0 Å². The van der Waals surface area contributed by atoms with E-state index in [-0.39, 0.29) is 18.9 Å². The zero-order valence-electron chi connectivity index (χ0n) is 19.3. The summed E-state index contributed by atoms with van der Waals surface area (Å²) in [5, 5.41) is 16.7. The van der Waals surface area contributed by atoms with Crippen LogP contribution in [0.1, 0.15) is 68.2 Å². The van der Waals surface area contributed by atoms with E-state index in [1.54, 1.807) is 55.4 Å². The highest BCUT2D eigenvalue weighted by Crippen LogP contribution is 2.12. The lowest BCUT2D eigenvalue weighted by atomic mass is 10.0. The van der Waals surface area contributed by atoms with Crippen molar-refractivity contribution < 1.29 is 33.8 Å². The minimum atomic E-state index is -1.22. The van der Waals surface area contributed by atoms with Crippen molar-refractivity contribution >= 4 is 24.1 Å². The SMILES string of the molecule is CC(C)[C@H](NC(=O)N[C@@H](CCCNC(=O)OC(C)(C)C)C(=O)O)C(=O)OC(C)(C)C. The number of hydrogen-bond donors (Lipinski definition) is 4. The summed E-state index contributed by atoms with van der Waals surface area (Å²) in [5.41, 5.74) is -1.35. The van der Waals surface area contributed by atoms with Crippen molar-refractivity contribution in [2.75, 3.05) is 6.54 Å². The van der Waals surface area contributed by atoms with Gasteiger partial charge in [-0.05, 0) is 60.3 Å². The van der Waals surface area contributed by atoms with Crippen LogP contribution in [0.2, 0.25) is 0 Å². The van der Waals surface area contributed by atoms with Crippen LogP contribution in [0.3, 0.4) is 0 Å². The first-order chi connectivity index (χ1) is 13.5. The first kappa shape index (κ1) is 27.5. The predicted octanol–water partition coefficient (Wildman–Crippen LogP) is 2.41. The minimum absolute atomic E-state index is 0.0807. The first-order valence-corrected chi connectivity index (χ1v) is 10.0. The second-order valence-electron chi connectivity index (χ2n) is 9.33. The molecule has 10 heteroatoms. The monoisotopic (exact) mass is 431 g/mol. The van der Waals surface area contributed by atoms with Crippen LogP contribution in [0.15, 0.2) is 0 Å². The van der Waals surface area contributed by atoms with Crippen molar-refractivity contribution in [3.05, 3.63) is 0 Å². The Morgan fingerprint density at radius 2 is 1.43 bits per heavy atom. The van der Waals surface area contributed by atoms with Gasteiger partial charge in [0, 0.05) is 6.54 Å². The van der Waals surface area contributed by atoms with E-state index >= 15 is 0 Å². The van der Waals surface area contributed by atoms with E-state index in [1.165, 1.54) is 0 Å². The van der Waals surface area contributed by atoms with Crippen LogP contribution >= 0.6 is 0 Å². The number of hydrogen-bond acceptors (Lipinski definition) is 6. The van der Waals surface area contributed by atoms with E-state index < -0.39 is 47.3 Å². The molecule has 0 aromatic heterocycles. The quantitative estimate of drug-likeness (QED) is 0.324. The van der Waals surface area contributed by atoms with Crippen molar-refractivity contribution in [3.8, 4) is 0 Å². The van der Waals surface area contributed by atoms with Crippen molar-refractivity contribution in [3.63, 3.8) is 0 Å². The molecule has 0 saturated heterocycles. The molecule has 0 aliphatic heterocycles. The summed E-state index contributed by atoms with van der Waals surface area (Å²) in [6.45, 7) is 14.0. The van der Waals surface area contributed by atoms with Gasteiger partial charge in [-0.2, -0.15) is 0 Å². The lowest BCUT2D eigenvalue weighted by Gasteiger charge is -2.27. The molecule has 0 saturated carbocycles. The van der Waals surface area contributed by atoms with Crippen molar-refractivity contribution in [1.29, 1.82) is 0 Å². The van der Waals surface area contributed by atoms with Gasteiger partial charge in [0.25, 0.3) is 0 Å². The van der Waals surface area contributed by atoms with Gasteiger partial charge in [-0.25, -0.2) is 19.2 Å². The summed E-state index contributed by atoms with van der Waals surface area (Å²) in [4.78, 5) is 47.6. The summed E-state index contributed by atoms with van der Waals surface area (Å²) in [6, 6.07) is -2.89. The number of carbonyl (C=O) groups is 4. The van der Waals surface area contributed by atoms with E-state index in [4.69, 9.17) is 9.47 Å². The molecule has 0 aliphatic rings. The van der Waals surface area contributed by atoms with E-state index in [2.05, 4.69) is 16.0 Å². The highest BCUT2D eigenvalue weighted by atomic mass is 16.6. The van der Waals surface area contributed by atoms with Crippen LogP contribution < -0.4 is 16.0 Å². The Hall–Kier alpha value is -2.52. The van der Waals surface area contributed by atoms with E-state index in [1.807, 2.05) is 0 Å². The average molecular weight is 432 g/mol. The summed E-state index contributed by atoms with van der Waals surface area (Å²) in [7, 11) is 0. The number of nitrogens with one attached hydrogen (secondary N) is 3. The van der Waals surface area contributed by atoms with Crippen molar-refractivity contribution in [2.24, 2.45) is 5.92 Å². The third kappa shape index (κ3) is 12.8. The molecule has 174 valence electrons. The van der Waals surface area contributed by atoms with Crippen LogP contribution in [-0.4, -0.2) is 59.0 Å². The summed E-state index contributed by atoms with van der Waals surface area (Å²) in [6.07, 6.45) is -0.217. The molecule has 0 aromatic carbocycles. The molecule has 0 bridgehead atoms. The Labute approximate surface area is 178 Å².